The maximum Gasteiger partial charge on any atom is 0.0462 e. The molecular formula is C45H33N. The highest BCUT2D eigenvalue weighted by Crippen LogP contribution is 2.38. The highest BCUT2D eigenvalue weighted by atomic mass is 15.1. The van der Waals surface area contributed by atoms with Crippen LogP contribution in [0.15, 0.2) is 182 Å². The molecule has 0 atom stereocenters. The summed E-state index contributed by atoms with van der Waals surface area (Å²) in [6.07, 6.45) is 0. The highest BCUT2D eigenvalue weighted by Gasteiger charge is 2.14. The topological polar surface area (TPSA) is 3.24 Å². The van der Waals surface area contributed by atoms with Crippen molar-refractivity contribution >= 4 is 38.6 Å². The molecule has 0 amide bonds. The summed E-state index contributed by atoms with van der Waals surface area (Å²) in [4.78, 5) is 2.33. The zero-order chi connectivity index (χ0) is 30.9. The molecule has 1 heteroatoms. The van der Waals surface area contributed by atoms with Gasteiger partial charge in [0.2, 0.25) is 0 Å². The van der Waals surface area contributed by atoms with Crippen LogP contribution in [0.5, 0.6) is 0 Å². The van der Waals surface area contributed by atoms with E-state index in [2.05, 4.69) is 194 Å². The lowest BCUT2D eigenvalue weighted by Gasteiger charge is -2.26. The summed E-state index contributed by atoms with van der Waals surface area (Å²) in [5.74, 6) is 0. The van der Waals surface area contributed by atoms with Gasteiger partial charge in [-0.1, -0.05) is 139 Å². The standard InChI is InChI=1S/C45H33N/c1-32-14-23-41(24-15-32)46(42-25-18-34(19-26-42)38-17-16-33-8-5-6-11-37(33)30-38)43-27-20-35(21-28-43)39-22-29-45-40(31-39)12-7-13-44(45)36-9-3-2-4-10-36/h2-31H,1H3. The highest BCUT2D eigenvalue weighted by molar-refractivity contribution is 5.99. The fourth-order valence-corrected chi connectivity index (χ4v) is 6.45. The van der Waals surface area contributed by atoms with Gasteiger partial charge in [0.15, 0.2) is 0 Å². The van der Waals surface area contributed by atoms with Gasteiger partial charge in [0, 0.05) is 17.1 Å². The number of rotatable bonds is 6. The molecule has 0 aliphatic rings. The number of hydrogen-bond acceptors (Lipinski definition) is 1. The van der Waals surface area contributed by atoms with Crippen LogP contribution in [0.25, 0.3) is 54.9 Å². The number of nitrogens with zero attached hydrogens (tertiary/aromatic N) is 1. The Labute approximate surface area is 270 Å². The second-order valence-electron chi connectivity index (χ2n) is 11.9. The Kier molecular flexibility index (Phi) is 7.13. The zero-order valence-corrected chi connectivity index (χ0v) is 25.8. The summed E-state index contributed by atoms with van der Waals surface area (Å²) < 4.78 is 0. The van der Waals surface area contributed by atoms with Crippen molar-refractivity contribution in [3.8, 4) is 33.4 Å². The van der Waals surface area contributed by atoms with E-state index in [1.165, 1.54) is 60.5 Å². The number of anilines is 3. The summed E-state index contributed by atoms with van der Waals surface area (Å²) >= 11 is 0. The summed E-state index contributed by atoms with van der Waals surface area (Å²) in [6, 6.07) is 65.8. The van der Waals surface area contributed by atoms with Crippen LogP contribution in [0.1, 0.15) is 5.56 Å². The molecule has 0 fully saturated rings. The van der Waals surface area contributed by atoms with Crippen molar-refractivity contribution < 1.29 is 0 Å². The van der Waals surface area contributed by atoms with Gasteiger partial charge in [-0.2, -0.15) is 0 Å². The van der Waals surface area contributed by atoms with Gasteiger partial charge < -0.3 is 4.90 Å². The molecule has 0 heterocycles. The van der Waals surface area contributed by atoms with E-state index in [1.807, 2.05) is 0 Å². The van der Waals surface area contributed by atoms with E-state index < -0.39 is 0 Å². The van der Waals surface area contributed by atoms with Crippen LogP contribution in [0.3, 0.4) is 0 Å². The zero-order valence-electron chi connectivity index (χ0n) is 25.8. The van der Waals surface area contributed by atoms with Crippen molar-refractivity contribution in [3.05, 3.63) is 188 Å². The maximum atomic E-state index is 2.33. The lowest BCUT2D eigenvalue weighted by molar-refractivity contribution is 1.28. The Hall–Kier alpha value is -5.92. The van der Waals surface area contributed by atoms with Gasteiger partial charge in [0.1, 0.15) is 0 Å². The molecule has 0 radical (unpaired) electrons. The average Bonchev–Trinajstić information content (AvgIpc) is 3.13. The monoisotopic (exact) mass is 587 g/mol. The molecule has 8 rings (SSSR count). The van der Waals surface area contributed by atoms with Crippen LogP contribution in [0, 0.1) is 6.92 Å². The third kappa shape index (κ3) is 5.33. The maximum absolute atomic E-state index is 2.33. The normalized spacial score (nSPS) is 11.2. The molecule has 0 N–H and O–H groups in total. The van der Waals surface area contributed by atoms with E-state index in [1.54, 1.807) is 0 Å². The molecule has 8 aromatic carbocycles. The summed E-state index contributed by atoms with van der Waals surface area (Å²) in [5, 5.41) is 5.04. The van der Waals surface area contributed by atoms with Crippen molar-refractivity contribution in [2.24, 2.45) is 0 Å². The molecule has 0 spiro atoms. The molecule has 0 bridgehead atoms. The third-order valence-electron chi connectivity index (χ3n) is 8.92. The molecule has 218 valence electrons. The molecule has 8 aromatic rings. The second-order valence-corrected chi connectivity index (χ2v) is 11.9. The van der Waals surface area contributed by atoms with Gasteiger partial charge in [-0.25, -0.2) is 0 Å². The molecule has 0 saturated carbocycles. The molecule has 46 heavy (non-hydrogen) atoms. The SMILES string of the molecule is Cc1ccc(N(c2ccc(-c3ccc4ccccc4c3)cc2)c2ccc(-c3ccc4c(-c5ccccc5)cccc4c3)cc2)cc1. The van der Waals surface area contributed by atoms with Crippen LogP contribution in [0.2, 0.25) is 0 Å². The molecule has 0 aliphatic heterocycles. The van der Waals surface area contributed by atoms with Gasteiger partial charge in [-0.05, 0) is 110 Å². The van der Waals surface area contributed by atoms with Gasteiger partial charge in [0.05, 0.1) is 0 Å². The lowest BCUT2D eigenvalue weighted by atomic mass is 9.95. The first-order valence-electron chi connectivity index (χ1n) is 15.8. The molecule has 0 saturated heterocycles. The molecule has 0 aliphatic carbocycles. The fraction of sp³-hybridized carbons (Fsp3) is 0.0222. The van der Waals surface area contributed by atoms with Crippen LogP contribution >= 0.6 is 0 Å². The van der Waals surface area contributed by atoms with Gasteiger partial charge in [-0.15, -0.1) is 0 Å². The van der Waals surface area contributed by atoms with E-state index in [9.17, 15) is 0 Å². The molecule has 0 unspecified atom stereocenters. The van der Waals surface area contributed by atoms with E-state index in [0.29, 0.717) is 0 Å². The largest absolute Gasteiger partial charge is 0.311 e. The van der Waals surface area contributed by atoms with Gasteiger partial charge in [-0.3, -0.25) is 0 Å². The number of benzene rings is 8. The number of aryl methyl sites for hydroxylation is 1. The quantitative estimate of drug-likeness (QED) is 0.187. The number of hydrogen-bond donors (Lipinski definition) is 0. The minimum atomic E-state index is 1.12. The summed E-state index contributed by atoms with van der Waals surface area (Å²) in [5.41, 5.74) is 12.0. The lowest BCUT2D eigenvalue weighted by Crippen LogP contribution is -2.09. The predicted molar refractivity (Wildman–Crippen MR) is 197 cm³/mol. The van der Waals surface area contributed by atoms with Crippen LogP contribution in [-0.4, -0.2) is 0 Å². The van der Waals surface area contributed by atoms with E-state index in [0.717, 1.165) is 17.1 Å². The van der Waals surface area contributed by atoms with E-state index in [-0.39, 0.29) is 0 Å². The van der Waals surface area contributed by atoms with Crippen molar-refractivity contribution in [1.82, 2.24) is 0 Å². The van der Waals surface area contributed by atoms with E-state index >= 15 is 0 Å². The summed E-state index contributed by atoms with van der Waals surface area (Å²) in [7, 11) is 0. The Morgan fingerprint density at radius 2 is 0.826 bits per heavy atom. The fourth-order valence-electron chi connectivity index (χ4n) is 6.45. The van der Waals surface area contributed by atoms with Crippen molar-refractivity contribution in [1.29, 1.82) is 0 Å². The first-order chi connectivity index (χ1) is 22.7. The first kappa shape index (κ1) is 27.6. The smallest absolute Gasteiger partial charge is 0.0462 e. The van der Waals surface area contributed by atoms with Crippen LogP contribution in [0.4, 0.5) is 17.1 Å². The number of fused-ring (bicyclic) bond motifs is 2. The minimum Gasteiger partial charge on any atom is -0.311 e. The Morgan fingerprint density at radius 1 is 0.326 bits per heavy atom. The average molecular weight is 588 g/mol. The van der Waals surface area contributed by atoms with Gasteiger partial charge >= 0.3 is 0 Å². The van der Waals surface area contributed by atoms with Crippen LogP contribution in [-0.2, 0) is 0 Å². The Morgan fingerprint density at radius 3 is 1.48 bits per heavy atom. The molecule has 0 aromatic heterocycles. The van der Waals surface area contributed by atoms with E-state index in [4.69, 9.17) is 0 Å². The van der Waals surface area contributed by atoms with Crippen molar-refractivity contribution in [2.75, 3.05) is 4.90 Å². The second kappa shape index (κ2) is 11.9. The molecular weight excluding hydrogens is 555 g/mol. The summed E-state index contributed by atoms with van der Waals surface area (Å²) in [6.45, 7) is 2.13. The Balaban J connectivity index is 1.13. The molecule has 1 nitrogen and oxygen atoms in total. The van der Waals surface area contributed by atoms with Crippen molar-refractivity contribution in [2.45, 2.75) is 6.92 Å². The minimum absolute atomic E-state index is 1.12. The van der Waals surface area contributed by atoms with Gasteiger partial charge in [0.25, 0.3) is 0 Å². The first-order valence-corrected chi connectivity index (χ1v) is 15.8. The predicted octanol–water partition coefficient (Wildman–Crippen LogP) is 12.8. The van der Waals surface area contributed by atoms with Crippen LogP contribution < -0.4 is 4.90 Å². The van der Waals surface area contributed by atoms with Crippen molar-refractivity contribution in [3.63, 3.8) is 0 Å². The Bertz CT molecular complexity index is 2280. The third-order valence-corrected chi connectivity index (χ3v) is 8.92.